The fourth-order valence-electron chi connectivity index (χ4n) is 2.87. The highest BCUT2D eigenvalue weighted by atomic mass is 79.9. The summed E-state index contributed by atoms with van der Waals surface area (Å²) in [6.45, 7) is 4.83. The van der Waals surface area contributed by atoms with Crippen molar-refractivity contribution in [2.24, 2.45) is 0 Å². The number of rotatable bonds is 6. The third-order valence-electron chi connectivity index (χ3n) is 4.36. The zero-order chi connectivity index (χ0) is 21.7. The van der Waals surface area contributed by atoms with E-state index in [2.05, 4.69) is 20.8 Å². The first kappa shape index (κ1) is 22.1. The topological polar surface area (TPSA) is 91.1 Å². The summed E-state index contributed by atoms with van der Waals surface area (Å²) in [5.41, 5.74) is 0.837. The molecule has 2 aromatic carbocycles. The van der Waals surface area contributed by atoms with E-state index in [1.165, 1.54) is 24.3 Å². The van der Waals surface area contributed by atoms with Gasteiger partial charge in [0.05, 0.1) is 34.8 Å². The smallest absolute Gasteiger partial charge is 0.343 e. The molecule has 1 fully saturated rings. The number of carbonyl (C=O) groups excluding carboxylic acids is 1. The maximum atomic E-state index is 12.6. The van der Waals surface area contributed by atoms with Crippen LogP contribution >= 0.6 is 28.1 Å². The number of ether oxygens (including phenoxy) is 3. The van der Waals surface area contributed by atoms with Gasteiger partial charge in [-0.25, -0.2) is 4.79 Å². The molecule has 2 aromatic rings. The molecular formula is C20H19BrN2O6S. The Hall–Kier alpha value is -2.56. The Kier molecular flexibility index (Phi) is 7.35. The van der Waals surface area contributed by atoms with Crippen LogP contribution in [0.15, 0.2) is 40.9 Å². The van der Waals surface area contributed by atoms with Gasteiger partial charge in [-0.3, -0.25) is 10.1 Å². The van der Waals surface area contributed by atoms with E-state index in [-0.39, 0.29) is 17.0 Å². The zero-order valence-corrected chi connectivity index (χ0v) is 18.5. The van der Waals surface area contributed by atoms with Crippen LogP contribution in [-0.2, 0) is 4.74 Å². The quantitative estimate of drug-likeness (QED) is 0.196. The minimum absolute atomic E-state index is 0.108. The highest BCUT2D eigenvalue weighted by Crippen LogP contribution is 2.38. The molecule has 10 heteroatoms. The number of halogens is 1. The van der Waals surface area contributed by atoms with Crippen LogP contribution in [0.4, 0.5) is 5.69 Å². The van der Waals surface area contributed by atoms with Crippen LogP contribution < -0.4 is 9.47 Å². The molecule has 0 bridgehead atoms. The van der Waals surface area contributed by atoms with Gasteiger partial charge >= 0.3 is 5.97 Å². The van der Waals surface area contributed by atoms with Gasteiger partial charge in [0.2, 0.25) is 0 Å². The predicted molar refractivity (Wildman–Crippen MR) is 117 cm³/mol. The van der Waals surface area contributed by atoms with Crippen LogP contribution in [0.3, 0.4) is 0 Å². The predicted octanol–water partition coefficient (Wildman–Crippen LogP) is 3.98. The lowest BCUT2D eigenvalue weighted by Crippen LogP contribution is -2.40. The number of nitro benzene ring substituents is 1. The molecule has 0 radical (unpaired) electrons. The normalized spacial score (nSPS) is 13.6. The summed E-state index contributed by atoms with van der Waals surface area (Å²) in [6.07, 6.45) is 0. The van der Waals surface area contributed by atoms with Crippen LogP contribution in [0, 0.1) is 10.1 Å². The first-order valence-corrected chi connectivity index (χ1v) is 10.4. The van der Waals surface area contributed by atoms with E-state index in [0.29, 0.717) is 48.1 Å². The van der Waals surface area contributed by atoms with Crippen molar-refractivity contribution in [2.45, 2.75) is 6.92 Å². The van der Waals surface area contributed by atoms with Crippen molar-refractivity contribution in [3.05, 3.63) is 62.1 Å². The van der Waals surface area contributed by atoms with Gasteiger partial charge in [0, 0.05) is 30.8 Å². The van der Waals surface area contributed by atoms with E-state index in [1.807, 2.05) is 6.92 Å². The second kappa shape index (κ2) is 9.96. The van der Waals surface area contributed by atoms with Gasteiger partial charge in [0.25, 0.3) is 5.69 Å². The number of esters is 1. The summed E-state index contributed by atoms with van der Waals surface area (Å²) < 4.78 is 17.1. The second-order valence-corrected chi connectivity index (χ2v) is 7.56. The van der Waals surface area contributed by atoms with Gasteiger partial charge in [0.1, 0.15) is 4.99 Å². The van der Waals surface area contributed by atoms with E-state index in [4.69, 9.17) is 26.4 Å². The largest absolute Gasteiger partial charge is 0.490 e. The highest BCUT2D eigenvalue weighted by Gasteiger charge is 2.22. The minimum Gasteiger partial charge on any atom is -0.490 e. The van der Waals surface area contributed by atoms with Crippen molar-refractivity contribution in [3.8, 4) is 11.5 Å². The Balaban J connectivity index is 1.85. The van der Waals surface area contributed by atoms with Crippen molar-refractivity contribution >= 4 is 44.8 Å². The molecule has 0 spiro atoms. The maximum absolute atomic E-state index is 12.6. The van der Waals surface area contributed by atoms with E-state index >= 15 is 0 Å². The monoisotopic (exact) mass is 494 g/mol. The fraction of sp³-hybridized carbons (Fsp3) is 0.300. The zero-order valence-electron chi connectivity index (χ0n) is 16.1. The molecular weight excluding hydrogens is 476 g/mol. The van der Waals surface area contributed by atoms with Crippen molar-refractivity contribution in [3.63, 3.8) is 0 Å². The summed E-state index contributed by atoms with van der Waals surface area (Å²) in [5.74, 6) is -0.0727. The lowest BCUT2D eigenvalue weighted by Gasteiger charge is -2.29. The molecule has 30 heavy (non-hydrogen) atoms. The van der Waals surface area contributed by atoms with Crippen LogP contribution in [0.1, 0.15) is 22.8 Å². The number of benzene rings is 2. The van der Waals surface area contributed by atoms with Crippen molar-refractivity contribution < 1.29 is 23.9 Å². The summed E-state index contributed by atoms with van der Waals surface area (Å²) >= 11 is 9.06. The average Bonchev–Trinajstić information content (AvgIpc) is 2.76. The molecule has 0 aromatic heterocycles. The van der Waals surface area contributed by atoms with Crippen LogP contribution in [-0.4, -0.2) is 53.7 Å². The standard InChI is InChI=1S/C20H19BrN2O6S/c1-2-28-17-12-14(19(30)22-7-9-27-10-8-22)11-16(21)18(17)29-20(24)13-3-5-15(6-4-13)23(25)26/h3-6,11-12H,2,7-10H2,1H3. The number of nitrogens with zero attached hydrogens (tertiary/aromatic N) is 2. The molecule has 1 aliphatic heterocycles. The van der Waals surface area contributed by atoms with Gasteiger partial charge in [0.15, 0.2) is 11.5 Å². The minimum atomic E-state index is -0.657. The van der Waals surface area contributed by atoms with E-state index in [9.17, 15) is 14.9 Å². The van der Waals surface area contributed by atoms with Crippen molar-refractivity contribution in [2.75, 3.05) is 32.9 Å². The summed E-state index contributed by atoms with van der Waals surface area (Å²) in [4.78, 5) is 25.5. The summed E-state index contributed by atoms with van der Waals surface area (Å²) in [6, 6.07) is 8.70. The first-order chi connectivity index (χ1) is 14.4. The molecule has 0 saturated carbocycles. The Morgan fingerprint density at radius 1 is 1.23 bits per heavy atom. The summed E-state index contributed by atoms with van der Waals surface area (Å²) in [5, 5.41) is 10.8. The van der Waals surface area contributed by atoms with Crippen LogP contribution in [0.2, 0.25) is 0 Å². The number of nitro groups is 1. The average molecular weight is 495 g/mol. The number of non-ortho nitro benzene ring substituents is 1. The second-order valence-electron chi connectivity index (χ2n) is 6.32. The van der Waals surface area contributed by atoms with E-state index < -0.39 is 10.9 Å². The van der Waals surface area contributed by atoms with E-state index in [0.717, 1.165) is 5.56 Å². The van der Waals surface area contributed by atoms with Crippen LogP contribution in [0.5, 0.6) is 11.5 Å². The molecule has 0 atom stereocenters. The van der Waals surface area contributed by atoms with Gasteiger partial charge in [-0.2, -0.15) is 0 Å². The highest BCUT2D eigenvalue weighted by molar-refractivity contribution is 9.10. The molecule has 0 unspecified atom stereocenters. The van der Waals surface area contributed by atoms with Gasteiger partial charge in [-0.1, -0.05) is 12.2 Å². The van der Waals surface area contributed by atoms with Crippen molar-refractivity contribution in [1.82, 2.24) is 4.90 Å². The Morgan fingerprint density at radius 3 is 2.50 bits per heavy atom. The maximum Gasteiger partial charge on any atom is 0.343 e. The number of hydrogen-bond donors (Lipinski definition) is 0. The fourth-order valence-corrected chi connectivity index (χ4v) is 3.70. The Labute approximate surface area is 187 Å². The molecule has 158 valence electrons. The summed E-state index contributed by atoms with van der Waals surface area (Å²) in [7, 11) is 0. The van der Waals surface area contributed by atoms with Crippen LogP contribution in [0.25, 0.3) is 0 Å². The Morgan fingerprint density at radius 2 is 1.90 bits per heavy atom. The number of carbonyl (C=O) groups is 1. The van der Waals surface area contributed by atoms with Gasteiger partial charge in [-0.05, 0) is 47.1 Å². The number of hydrogen-bond acceptors (Lipinski definition) is 7. The molecule has 0 aliphatic carbocycles. The Bertz CT molecular complexity index is 961. The molecule has 0 amide bonds. The third kappa shape index (κ3) is 5.13. The van der Waals surface area contributed by atoms with Crippen molar-refractivity contribution in [1.29, 1.82) is 0 Å². The molecule has 0 N–H and O–H groups in total. The van der Waals surface area contributed by atoms with E-state index in [1.54, 1.807) is 12.1 Å². The molecule has 8 nitrogen and oxygen atoms in total. The first-order valence-electron chi connectivity index (χ1n) is 9.20. The lowest BCUT2D eigenvalue weighted by atomic mass is 10.1. The molecule has 3 rings (SSSR count). The molecule has 1 saturated heterocycles. The molecule has 1 heterocycles. The number of thiocarbonyl (C=S) groups is 1. The number of morpholine rings is 1. The third-order valence-corrected chi connectivity index (χ3v) is 5.45. The lowest BCUT2D eigenvalue weighted by molar-refractivity contribution is -0.384. The van der Waals surface area contributed by atoms with Gasteiger partial charge in [-0.15, -0.1) is 0 Å². The molecule has 1 aliphatic rings. The van der Waals surface area contributed by atoms with Gasteiger partial charge < -0.3 is 19.1 Å². The SMILES string of the molecule is CCOc1cc(C(=S)N2CCOCC2)cc(Br)c1OC(=O)c1ccc([N+](=O)[O-])cc1.